The number of fused-ring (bicyclic) bond motifs is 2. The predicted octanol–water partition coefficient (Wildman–Crippen LogP) is 6.88. The topological polar surface area (TPSA) is 63.1 Å². The lowest BCUT2D eigenvalue weighted by molar-refractivity contribution is -0.116. The summed E-state index contributed by atoms with van der Waals surface area (Å²) in [7, 11) is 0. The molecule has 6 rings (SSSR count). The van der Waals surface area contributed by atoms with Crippen LogP contribution in [0.15, 0.2) is 48.5 Å². The van der Waals surface area contributed by atoms with Gasteiger partial charge >= 0.3 is 0 Å². The van der Waals surface area contributed by atoms with Crippen LogP contribution in [-0.2, 0) is 22.6 Å². The largest absolute Gasteiger partial charge is 0.341 e. The fourth-order valence-electron chi connectivity index (χ4n) is 6.09. The van der Waals surface area contributed by atoms with Crippen molar-refractivity contribution >= 4 is 40.2 Å². The van der Waals surface area contributed by atoms with Gasteiger partial charge in [-0.2, -0.15) is 0 Å². The highest BCUT2D eigenvalue weighted by Crippen LogP contribution is 2.47. The molecule has 5 nitrogen and oxygen atoms in total. The zero-order valence-corrected chi connectivity index (χ0v) is 21.1. The van der Waals surface area contributed by atoms with Crippen LogP contribution in [-0.4, -0.2) is 16.4 Å². The van der Waals surface area contributed by atoms with E-state index in [0.29, 0.717) is 23.9 Å². The zero-order valence-electron chi connectivity index (χ0n) is 21.1. The molecule has 36 heavy (non-hydrogen) atoms. The van der Waals surface area contributed by atoms with E-state index in [9.17, 15) is 9.59 Å². The number of nitrogens with zero attached hydrogens (tertiary/aromatic N) is 1. The summed E-state index contributed by atoms with van der Waals surface area (Å²) in [6.07, 6.45) is 12.7. The summed E-state index contributed by atoms with van der Waals surface area (Å²) in [4.78, 5) is 24.6. The van der Waals surface area contributed by atoms with Gasteiger partial charge in [-0.1, -0.05) is 38.3 Å². The summed E-state index contributed by atoms with van der Waals surface area (Å²) < 4.78 is 2.42. The highest BCUT2D eigenvalue weighted by atomic mass is 16.2. The van der Waals surface area contributed by atoms with Gasteiger partial charge in [0.25, 0.3) is 0 Å². The van der Waals surface area contributed by atoms with Crippen LogP contribution in [0.2, 0.25) is 0 Å². The van der Waals surface area contributed by atoms with Gasteiger partial charge in [0.2, 0.25) is 11.8 Å². The number of nitrogens with one attached hydrogen (secondary N) is 2. The molecule has 3 aromatic rings. The molecule has 2 N–H and O–H groups in total. The minimum atomic E-state index is -0.168. The lowest BCUT2D eigenvalue weighted by Crippen LogP contribution is -2.19. The Morgan fingerprint density at radius 1 is 1.08 bits per heavy atom. The number of anilines is 2. The Morgan fingerprint density at radius 3 is 2.72 bits per heavy atom. The summed E-state index contributed by atoms with van der Waals surface area (Å²) in [6, 6.07) is 14.9. The third-order valence-corrected chi connectivity index (χ3v) is 8.34. The average molecular weight is 482 g/mol. The minimum Gasteiger partial charge on any atom is -0.341 e. The van der Waals surface area contributed by atoms with E-state index in [1.807, 2.05) is 24.3 Å². The molecule has 2 saturated carbocycles. The van der Waals surface area contributed by atoms with Gasteiger partial charge in [-0.05, 0) is 91.0 Å². The molecule has 2 heterocycles. The van der Waals surface area contributed by atoms with Crippen LogP contribution < -0.4 is 10.6 Å². The van der Waals surface area contributed by atoms with Crippen LogP contribution in [0.4, 0.5) is 11.4 Å². The SMILES string of the molecule is C[C@@H]1CC1c1ccc2c(c1)cc(/C=C/C(=O)Nc1ccc3c(c1)NC(=O)CC3)n2CC1CCCCC1. The first kappa shape index (κ1) is 23.1. The van der Waals surface area contributed by atoms with E-state index in [1.165, 1.54) is 55.0 Å². The molecule has 0 saturated heterocycles. The van der Waals surface area contributed by atoms with Crippen molar-refractivity contribution < 1.29 is 9.59 Å². The van der Waals surface area contributed by atoms with Crippen molar-refractivity contribution in [3.8, 4) is 0 Å². The Hall–Kier alpha value is -3.34. The fraction of sp³-hybridized carbons (Fsp3) is 0.419. The number of benzene rings is 2. The van der Waals surface area contributed by atoms with Gasteiger partial charge in [0.15, 0.2) is 0 Å². The molecule has 2 amide bonds. The predicted molar refractivity (Wildman–Crippen MR) is 146 cm³/mol. The molecule has 5 heteroatoms. The second kappa shape index (κ2) is 9.61. The van der Waals surface area contributed by atoms with Crippen LogP contribution in [0.3, 0.4) is 0 Å². The smallest absolute Gasteiger partial charge is 0.248 e. The molecule has 0 radical (unpaired) electrons. The summed E-state index contributed by atoms with van der Waals surface area (Å²) >= 11 is 0. The lowest BCUT2D eigenvalue weighted by Gasteiger charge is -2.23. The number of rotatable bonds is 6. The van der Waals surface area contributed by atoms with Crippen molar-refractivity contribution in [3.05, 3.63) is 65.4 Å². The molecule has 2 atom stereocenters. The normalized spacial score (nSPS) is 22.0. The summed E-state index contributed by atoms with van der Waals surface area (Å²) in [6.45, 7) is 3.33. The van der Waals surface area contributed by atoms with Crippen molar-refractivity contribution in [1.29, 1.82) is 0 Å². The average Bonchev–Trinajstić information content (AvgIpc) is 3.52. The summed E-state index contributed by atoms with van der Waals surface area (Å²) in [5.41, 5.74) is 6.39. The molecule has 2 aliphatic carbocycles. The number of aryl methyl sites for hydroxylation is 1. The van der Waals surface area contributed by atoms with Gasteiger partial charge in [-0.3, -0.25) is 9.59 Å². The molecular formula is C31H35N3O2. The fourth-order valence-corrected chi connectivity index (χ4v) is 6.09. The summed E-state index contributed by atoms with van der Waals surface area (Å²) in [5.74, 6) is 2.04. The van der Waals surface area contributed by atoms with E-state index in [-0.39, 0.29) is 11.8 Å². The highest BCUT2D eigenvalue weighted by Gasteiger charge is 2.34. The summed E-state index contributed by atoms with van der Waals surface area (Å²) in [5, 5.41) is 7.13. The first-order valence-corrected chi connectivity index (χ1v) is 13.6. The Kier molecular flexibility index (Phi) is 6.16. The lowest BCUT2D eigenvalue weighted by atomic mass is 9.89. The Morgan fingerprint density at radius 2 is 1.92 bits per heavy atom. The molecule has 1 aliphatic heterocycles. The van der Waals surface area contributed by atoms with Gasteiger partial charge < -0.3 is 15.2 Å². The molecule has 0 bridgehead atoms. The van der Waals surface area contributed by atoms with Crippen molar-refractivity contribution in [2.75, 3.05) is 10.6 Å². The maximum absolute atomic E-state index is 12.8. The van der Waals surface area contributed by atoms with E-state index in [0.717, 1.165) is 35.8 Å². The molecule has 2 aromatic carbocycles. The van der Waals surface area contributed by atoms with Crippen molar-refractivity contribution in [2.24, 2.45) is 11.8 Å². The zero-order chi connectivity index (χ0) is 24.6. The standard InChI is InChI=1S/C31H35N3O2/c1-20-15-27(20)23-8-12-29-24(16-23)17-26(34(29)19-21-5-3-2-4-6-21)11-14-30(35)32-25-10-7-22-9-13-31(36)33-28(22)18-25/h7-8,10-12,14,16-18,20-21,27H,2-6,9,13,15,19H2,1H3,(H,32,35)(H,33,36)/b14-11+/t20-,27?/m1/s1. The van der Waals surface area contributed by atoms with Gasteiger partial charge in [0.1, 0.15) is 0 Å². The van der Waals surface area contributed by atoms with Crippen molar-refractivity contribution in [2.45, 2.75) is 70.8 Å². The number of carbonyl (C=O) groups is 2. The van der Waals surface area contributed by atoms with Crippen molar-refractivity contribution in [1.82, 2.24) is 4.57 Å². The Bertz CT molecular complexity index is 1350. The molecule has 2 fully saturated rings. The van der Waals surface area contributed by atoms with Gasteiger partial charge in [0, 0.05) is 47.0 Å². The first-order valence-electron chi connectivity index (χ1n) is 13.6. The maximum atomic E-state index is 12.8. The van der Waals surface area contributed by atoms with Crippen LogP contribution in [0, 0.1) is 11.8 Å². The number of aromatic nitrogens is 1. The van der Waals surface area contributed by atoms with Gasteiger partial charge in [0.05, 0.1) is 0 Å². The number of hydrogen-bond acceptors (Lipinski definition) is 2. The minimum absolute atomic E-state index is 0.0240. The van der Waals surface area contributed by atoms with E-state index in [2.05, 4.69) is 46.4 Å². The molecular weight excluding hydrogens is 446 g/mol. The third-order valence-electron chi connectivity index (χ3n) is 8.34. The van der Waals surface area contributed by atoms with Gasteiger partial charge in [-0.15, -0.1) is 0 Å². The van der Waals surface area contributed by atoms with Crippen LogP contribution in [0.1, 0.15) is 74.6 Å². The van der Waals surface area contributed by atoms with Gasteiger partial charge in [-0.25, -0.2) is 0 Å². The Balaban J connectivity index is 1.24. The second-order valence-electron chi connectivity index (χ2n) is 11.1. The van der Waals surface area contributed by atoms with E-state index >= 15 is 0 Å². The van der Waals surface area contributed by atoms with Crippen LogP contribution in [0.25, 0.3) is 17.0 Å². The molecule has 1 unspecified atom stereocenters. The molecule has 0 spiro atoms. The molecule has 186 valence electrons. The van der Waals surface area contributed by atoms with E-state index in [1.54, 1.807) is 6.08 Å². The van der Waals surface area contributed by atoms with E-state index < -0.39 is 0 Å². The molecule has 3 aliphatic rings. The first-order chi connectivity index (χ1) is 17.5. The Labute approximate surface area is 213 Å². The maximum Gasteiger partial charge on any atom is 0.248 e. The van der Waals surface area contributed by atoms with Crippen LogP contribution >= 0.6 is 0 Å². The monoisotopic (exact) mass is 481 g/mol. The second-order valence-corrected chi connectivity index (χ2v) is 11.1. The number of amides is 2. The quantitative estimate of drug-likeness (QED) is 0.377. The number of hydrogen-bond donors (Lipinski definition) is 2. The van der Waals surface area contributed by atoms with Crippen molar-refractivity contribution in [3.63, 3.8) is 0 Å². The highest BCUT2D eigenvalue weighted by molar-refractivity contribution is 6.03. The number of carbonyl (C=O) groups excluding carboxylic acids is 2. The third kappa shape index (κ3) is 4.84. The van der Waals surface area contributed by atoms with E-state index in [4.69, 9.17) is 0 Å². The van der Waals surface area contributed by atoms with Crippen LogP contribution in [0.5, 0.6) is 0 Å². The molecule has 1 aromatic heterocycles.